The quantitative estimate of drug-likeness (QED) is 0.642. The average Bonchev–Trinajstić information content (AvgIpc) is 3.12. The fourth-order valence-electron chi connectivity index (χ4n) is 1.46. The molecule has 1 aliphatic rings. The van der Waals surface area contributed by atoms with Crippen LogP contribution < -0.4 is 14.8 Å². The number of aliphatic imine (C=N–C) groups is 1. The molecule has 104 valence electrons. The Balaban J connectivity index is 2.10. The van der Waals surface area contributed by atoms with E-state index in [-0.39, 0.29) is 12.0 Å². The lowest BCUT2D eigenvalue weighted by atomic mass is 10.3. The van der Waals surface area contributed by atoms with Gasteiger partial charge in [-0.15, -0.1) is 0 Å². The minimum atomic E-state index is -3.34. The number of ether oxygens (including phenoxy) is 1. The Morgan fingerprint density at radius 3 is 2.42 bits per heavy atom. The van der Waals surface area contributed by atoms with E-state index >= 15 is 0 Å². The molecule has 2 rings (SSSR count). The first-order valence-corrected chi connectivity index (χ1v) is 7.82. The summed E-state index contributed by atoms with van der Waals surface area (Å²) in [7, 11) is -1.75. The normalized spacial score (nSPS) is 16.0. The van der Waals surface area contributed by atoms with E-state index in [1.54, 1.807) is 31.4 Å². The smallest absolute Gasteiger partial charge is 0.232 e. The molecule has 1 saturated carbocycles. The van der Waals surface area contributed by atoms with Crippen LogP contribution in [0, 0.1) is 0 Å². The van der Waals surface area contributed by atoms with E-state index in [0.717, 1.165) is 30.5 Å². The number of rotatable bonds is 4. The Labute approximate surface area is 112 Å². The summed E-state index contributed by atoms with van der Waals surface area (Å²) in [5.74, 6) is 0.998. The number of guanidine groups is 1. The lowest BCUT2D eigenvalue weighted by Gasteiger charge is -2.11. The van der Waals surface area contributed by atoms with Gasteiger partial charge in [-0.2, -0.15) is 0 Å². The Kier molecular flexibility index (Phi) is 3.94. The van der Waals surface area contributed by atoms with Crippen LogP contribution in [0.2, 0.25) is 0 Å². The number of nitrogens with one attached hydrogen (secondary N) is 2. The molecular weight excluding hydrogens is 266 g/mol. The predicted molar refractivity (Wildman–Crippen MR) is 75.1 cm³/mol. The van der Waals surface area contributed by atoms with Gasteiger partial charge in [0.25, 0.3) is 0 Å². The highest BCUT2D eigenvalue weighted by Gasteiger charge is 2.22. The first-order valence-electron chi connectivity index (χ1n) is 5.93. The van der Waals surface area contributed by atoms with Crippen LogP contribution in [0.25, 0.3) is 0 Å². The highest BCUT2D eigenvalue weighted by molar-refractivity contribution is 7.89. The molecule has 1 aliphatic carbocycles. The maximum absolute atomic E-state index is 11.3. The first kappa shape index (κ1) is 13.7. The molecule has 0 unspecified atom stereocenters. The number of benzene rings is 1. The fourth-order valence-corrected chi connectivity index (χ4v) is 1.91. The van der Waals surface area contributed by atoms with E-state index in [9.17, 15) is 8.42 Å². The Hall–Kier alpha value is -1.76. The standard InChI is InChI=1S/C12H17N3O3S/c1-18-11-7-5-10(6-8-11)14-12(13-9-3-4-9)15-19(2,16)17/h5-9H,3-4H2,1-2H3,(H2,13,14,15). The molecule has 0 bridgehead atoms. The zero-order valence-corrected chi connectivity index (χ0v) is 11.7. The Morgan fingerprint density at radius 2 is 1.95 bits per heavy atom. The average molecular weight is 283 g/mol. The predicted octanol–water partition coefficient (Wildman–Crippen LogP) is 1.17. The molecule has 0 saturated heterocycles. The van der Waals surface area contributed by atoms with Crippen molar-refractivity contribution in [3.63, 3.8) is 0 Å². The highest BCUT2D eigenvalue weighted by Crippen LogP contribution is 2.23. The van der Waals surface area contributed by atoms with Crippen molar-refractivity contribution >= 4 is 21.7 Å². The Bertz CT molecular complexity index is 562. The number of sulfonamides is 1. The van der Waals surface area contributed by atoms with Crippen LogP contribution in [-0.2, 0) is 10.0 Å². The van der Waals surface area contributed by atoms with Crippen molar-refractivity contribution < 1.29 is 13.2 Å². The van der Waals surface area contributed by atoms with Gasteiger partial charge >= 0.3 is 0 Å². The van der Waals surface area contributed by atoms with Crippen LogP contribution in [-0.4, -0.2) is 33.8 Å². The molecule has 7 heteroatoms. The molecule has 0 radical (unpaired) electrons. The van der Waals surface area contributed by atoms with E-state index in [4.69, 9.17) is 4.74 Å². The minimum absolute atomic E-state index is 0.218. The highest BCUT2D eigenvalue weighted by atomic mass is 32.2. The summed E-state index contributed by atoms with van der Waals surface area (Å²) in [6, 6.07) is 7.39. The van der Waals surface area contributed by atoms with Crippen molar-refractivity contribution in [3.8, 4) is 5.75 Å². The van der Waals surface area contributed by atoms with Crippen LogP contribution >= 0.6 is 0 Å². The van der Waals surface area contributed by atoms with Crippen LogP contribution in [0.1, 0.15) is 12.8 Å². The second-order valence-electron chi connectivity index (χ2n) is 4.44. The third-order valence-electron chi connectivity index (χ3n) is 2.49. The van der Waals surface area contributed by atoms with Gasteiger partial charge in [0, 0.05) is 5.69 Å². The minimum Gasteiger partial charge on any atom is -0.497 e. The van der Waals surface area contributed by atoms with Gasteiger partial charge in [0.05, 0.1) is 19.4 Å². The molecule has 1 aromatic rings. The summed E-state index contributed by atoms with van der Waals surface area (Å²) in [5.41, 5.74) is 0.747. The van der Waals surface area contributed by atoms with Crippen LogP contribution in [0.4, 0.5) is 5.69 Å². The van der Waals surface area contributed by atoms with Gasteiger partial charge in [-0.05, 0) is 37.1 Å². The molecule has 19 heavy (non-hydrogen) atoms. The van der Waals surface area contributed by atoms with Gasteiger partial charge in [0.15, 0.2) is 0 Å². The molecule has 0 aromatic heterocycles. The lowest BCUT2D eigenvalue weighted by Crippen LogP contribution is -2.35. The number of hydrogen-bond donors (Lipinski definition) is 2. The monoisotopic (exact) mass is 283 g/mol. The number of methoxy groups -OCH3 is 1. The number of nitrogens with zero attached hydrogens (tertiary/aromatic N) is 1. The van der Waals surface area contributed by atoms with E-state index < -0.39 is 10.0 Å². The van der Waals surface area contributed by atoms with Gasteiger partial charge in [0.2, 0.25) is 16.0 Å². The zero-order valence-electron chi connectivity index (χ0n) is 10.9. The molecule has 1 aromatic carbocycles. The summed E-state index contributed by atoms with van der Waals surface area (Å²) in [5, 5.41) is 2.96. The topological polar surface area (TPSA) is 79.8 Å². The molecule has 0 atom stereocenters. The van der Waals surface area contributed by atoms with Gasteiger partial charge in [-0.1, -0.05) is 0 Å². The zero-order chi connectivity index (χ0) is 13.9. The van der Waals surface area contributed by atoms with Crippen molar-refractivity contribution in [2.45, 2.75) is 18.9 Å². The fraction of sp³-hybridized carbons (Fsp3) is 0.417. The third kappa shape index (κ3) is 4.78. The summed E-state index contributed by atoms with van der Waals surface area (Å²) >= 11 is 0. The van der Waals surface area contributed by atoms with Crippen molar-refractivity contribution in [2.75, 3.05) is 18.7 Å². The molecule has 0 aliphatic heterocycles. The van der Waals surface area contributed by atoms with Crippen molar-refractivity contribution in [1.82, 2.24) is 4.72 Å². The molecule has 0 amide bonds. The van der Waals surface area contributed by atoms with Crippen molar-refractivity contribution in [3.05, 3.63) is 24.3 Å². The molecular formula is C12H17N3O3S. The van der Waals surface area contributed by atoms with E-state index in [0.29, 0.717) is 0 Å². The van der Waals surface area contributed by atoms with Crippen LogP contribution in [0.5, 0.6) is 5.75 Å². The maximum Gasteiger partial charge on any atom is 0.232 e. The largest absolute Gasteiger partial charge is 0.497 e. The van der Waals surface area contributed by atoms with Gasteiger partial charge in [-0.3, -0.25) is 4.72 Å². The van der Waals surface area contributed by atoms with E-state index in [2.05, 4.69) is 15.0 Å². The van der Waals surface area contributed by atoms with Crippen molar-refractivity contribution in [1.29, 1.82) is 0 Å². The number of hydrogen-bond acceptors (Lipinski definition) is 4. The second kappa shape index (κ2) is 5.48. The van der Waals surface area contributed by atoms with Gasteiger partial charge in [-0.25, -0.2) is 13.4 Å². The molecule has 2 N–H and O–H groups in total. The molecule has 0 spiro atoms. The maximum atomic E-state index is 11.3. The van der Waals surface area contributed by atoms with Gasteiger partial charge < -0.3 is 10.1 Å². The molecule has 0 heterocycles. The number of anilines is 1. The second-order valence-corrected chi connectivity index (χ2v) is 6.19. The van der Waals surface area contributed by atoms with E-state index in [1.165, 1.54) is 0 Å². The van der Waals surface area contributed by atoms with Gasteiger partial charge in [0.1, 0.15) is 5.75 Å². The summed E-state index contributed by atoms with van der Waals surface area (Å²) in [6.07, 6.45) is 3.10. The summed E-state index contributed by atoms with van der Waals surface area (Å²) in [6.45, 7) is 0. The summed E-state index contributed by atoms with van der Waals surface area (Å²) < 4.78 is 30.0. The molecule has 6 nitrogen and oxygen atoms in total. The Morgan fingerprint density at radius 1 is 1.32 bits per heavy atom. The van der Waals surface area contributed by atoms with E-state index in [1.807, 2.05) is 0 Å². The SMILES string of the molecule is COc1ccc(NC(=NC2CC2)NS(C)(=O)=O)cc1. The first-order chi connectivity index (χ1) is 8.96. The van der Waals surface area contributed by atoms with Crippen molar-refractivity contribution in [2.24, 2.45) is 4.99 Å². The summed E-state index contributed by atoms with van der Waals surface area (Å²) in [4.78, 5) is 4.30. The van der Waals surface area contributed by atoms with Crippen LogP contribution in [0.3, 0.4) is 0 Å². The lowest BCUT2D eigenvalue weighted by molar-refractivity contribution is 0.415. The third-order valence-corrected chi connectivity index (χ3v) is 3.06. The molecule has 1 fully saturated rings. The van der Waals surface area contributed by atoms with Crippen LogP contribution in [0.15, 0.2) is 29.3 Å².